The predicted octanol–water partition coefficient (Wildman–Crippen LogP) is 2.29. The highest BCUT2D eigenvalue weighted by atomic mass is 35.5. The molecule has 0 aliphatic heterocycles. The van der Waals surface area contributed by atoms with E-state index in [0.29, 0.717) is 24.7 Å². The molecule has 0 aliphatic carbocycles. The number of carbonyl (C=O) groups excluding carboxylic acids is 1. The van der Waals surface area contributed by atoms with E-state index in [9.17, 15) is 4.79 Å². The van der Waals surface area contributed by atoms with Crippen molar-refractivity contribution in [2.75, 3.05) is 17.7 Å². The van der Waals surface area contributed by atoms with Crippen LogP contribution in [0.2, 0.25) is 0 Å². The maximum absolute atomic E-state index is 11.6. The molecule has 2 heterocycles. The average Bonchev–Trinajstić information content (AvgIpc) is 3.01. The summed E-state index contributed by atoms with van der Waals surface area (Å²) in [6.07, 6.45) is 4.09. The van der Waals surface area contributed by atoms with Crippen molar-refractivity contribution in [3.05, 3.63) is 29.4 Å². The van der Waals surface area contributed by atoms with Crippen LogP contribution in [0.25, 0.3) is 0 Å². The van der Waals surface area contributed by atoms with Crippen molar-refractivity contribution in [1.29, 1.82) is 0 Å². The number of hydrogen-bond acceptors (Lipinski definition) is 4. The van der Waals surface area contributed by atoms with Gasteiger partial charge in [-0.3, -0.25) is 4.68 Å². The largest absolute Gasteiger partial charge is 0.361 e. The minimum absolute atomic E-state index is 0.267. The monoisotopic (exact) mass is 311 g/mol. The van der Waals surface area contributed by atoms with Crippen LogP contribution in [0, 0.1) is 13.8 Å². The second-order valence-electron chi connectivity index (χ2n) is 4.65. The number of nitrogens with zero attached hydrogens (tertiary/aromatic N) is 3. The highest BCUT2D eigenvalue weighted by Gasteiger charge is 2.10. The predicted molar refractivity (Wildman–Crippen MR) is 79.7 cm³/mol. The summed E-state index contributed by atoms with van der Waals surface area (Å²) in [5.74, 6) is 1.30. The highest BCUT2D eigenvalue weighted by molar-refractivity contribution is 6.17. The molecule has 0 aliphatic rings. The minimum atomic E-state index is -0.267. The van der Waals surface area contributed by atoms with Crippen molar-refractivity contribution in [1.82, 2.24) is 20.3 Å². The van der Waals surface area contributed by atoms with E-state index in [1.54, 1.807) is 17.1 Å². The maximum Gasteiger partial charge on any atom is 0.319 e. The molecule has 7 nitrogen and oxygen atoms in total. The van der Waals surface area contributed by atoms with E-state index >= 15 is 0 Å². The summed E-state index contributed by atoms with van der Waals surface area (Å²) in [6.45, 7) is 4.85. The molecule has 0 aromatic carbocycles. The molecule has 0 saturated carbocycles. The van der Waals surface area contributed by atoms with Crippen LogP contribution in [0.5, 0.6) is 0 Å². The molecule has 0 bridgehead atoms. The molecule has 2 N–H and O–H groups in total. The third-order valence-electron chi connectivity index (χ3n) is 2.99. The lowest BCUT2D eigenvalue weighted by Gasteiger charge is -2.04. The van der Waals surface area contributed by atoms with Gasteiger partial charge in [0.05, 0.1) is 24.1 Å². The van der Waals surface area contributed by atoms with E-state index in [1.165, 1.54) is 0 Å². The number of hydrogen-bond donors (Lipinski definition) is 2. The lowest BCUT2D eigenvalue weighted by molar-refractivity contribution is 0.252. The molecule has 21 heavy (non-hydrogen) atoms. The van der Waals surface area contributed by atoms with Crippen molar-refractivity contribution in [3.8, 4) is 0 Å². The van der Waals surface area contributed by atoms with Crippen molar-refractivity contribution < 1.29 is 9.32 Å². The second kappa shape index (κ2) is 7.12. The van der Waals surface area contributed by atoms with E-state index in [1.807, 2.05) is 13.8 Å². The Morgan fingerprint density at radius 1 is 1.48 bits per heavy atom. The molecule has 2 aromatic heterocycles. The van der Waals surface area contributed by atoms with Crippen molar-refractivity contribution in [2.24, 2.45) is 0 Å². The van der Waals surface area contributed by atoms with Gasteiger partial charge in [0.1, 0.15) is 5.76 Å². The summed E-state index contributed by atoms with van der Waals surface area (Å²) in [5.41, 5.74) is 2.47. The van der Waals surface area contributed by atoms with Crippen LogP contribution in [0.15, 0.2) is 16.9 Å². The normalized spacial score (nSPS) is 10.6. The Morgan fingerprint density at radius 3 is 2.95 bits per heavy atom. The summed E-state index contributed by atoms with van der Waals surface area (Å²) < 4.78 is 6.84. The van der Waals surface area contributed by atoms with Crippen LogP contribution in [-0.4, -0.2) is 33.4 Å². The van der Waals surface area contributed by atoms with Gasteiger partial charge >= 0.3 is 6.03 Å². The van der Waals surface area contributed by atoms with E-state index in [-0.39, 0.29) is 6.03 Å². The molecule has 2 amide bonds. The molecule has 0 unspecified atom stereocenters. The summed E-state index contributed by atoms with van der Waals surface area (Å²) in [4.78, 5) is 11.6. The van der Waals surface area contributed by atoms with Gasteiger partial charge in [-0.25, -0.2) is 4.79 Å². The summed E-state index contributed by atoms with van der Waals surface area (Å²) in [6, 6.07) is -0.267. The number of aryl methyl sites for hydroxylation is 2. The quantitative estimate of drug-likeness (QED) is 0.633. The Kier molecular flexibility index (Phi) is 5.21. The third kappa shape index (κ3) is 4.22. The van der Waals surface area contributed by atoms with E-state index < -0.39 is 0 Å². The Balaban J connectivity index is 1.91. The maximum atomic E-state index is 11.6. The van der Waals surface area contributed by atoms with Crippen LogP contribution in [0.1, 0.15) is 23.4 Å². The standard InChI is InChI=1S/C13H18ClN5O2/c1-9-12(10(2)21-18-9)8-19-7-11(6-16-19)17-13(20)15-5-3-4-14/h6-7H,3-5,8H2,1-2H3,(H2,15,17,20). The smallest absolute Gasteiger partial charge is 0.319 e. The van der Waals surface area contributed by atoms with Gasteiger partial charge < -0.3 is 15.2 Å². The molecule has 0 fully saturated rings. The first-order valence-corrected chi connectivity index (χ1v) is 7.18. The lowest BCUT2D eigenvalue weighted by Crippen LogP contribution is -2.29. The summed E-state index contributed by atoms with van der Waals surface area (Å²) >= 11 is 5.54. The summed E-state index contributed by atoms with van der Waals surface area (Å²) in [7, 11) is 0. The zero-order chi connectivity index (χ0) is 15.2. The van der Waals surface area contributed by atoms with Crippen molar-refractivity contribution in [3.63, 3.8) is 0 Å². The zero-order valence-electron chi connectivity index (χ0n) is 12.0. The highest BCUT2D eigenvalue weighted by Crippen LogP contribution is 2.14. The fourth-order valence-corrected chi connectivity index (χ4v) is 1.98. The molecular formula is C13H18ClN5O2. The van der Waals surface area contributed by atoms with E-state index in [2.05, 4.69) is 20.9 Å². The van der Waals surface area contributed by atoms with Gasteiger partial charge in [0, 0.05) is 24.2 Å². The molecule has 0 spiro atoms. The molecule has 2 aromatic rings. The number of alkyl halides is 1. The number of halogens is 1. The number of nitrogens with one attached hydrogen (secondary N) is 2. The van der Waals surface area contributed by atoms with Gasteiger partial charge in [-0.2, -0.15) is 5.10 Å². The average molecular weight is 312 g/mol. The lowest BCUT2D eigenvalue weighted by atomic mass is 10.2. The van der Waals surface area contributed by atoms with Gasteiger partial charge in [0.15, 0.2) is 0 Å². The number of carbonyl (C=O) groups is 1. The number of anilines is 1. The molecule has 2 rings (SSSR count). The van der Waals surface area contributed by atoms with Crippen molar-refractivity contribution in [2.45, 2.75) is 26.8 Å². The first-order valence-electron chi connectivity index (χ1n) is 6.65. The Morgan fingerprint density at radius 2 is 2.29 bits per heavy atom. The summed E-state index contributed by atoms with van der Waals surface area (Å²) in [5, 5.41) is 13.5. The molecular weight excluding hydrogens is 294 g/mol. The van der Waals surface area contributed by atoms with Gasteiger partial charge in [0.2, 0.25) is 0 Å². The van der Waals surface area contributed by atoms with Gasteiger partial charge in [-0.1, -0.05) is 5.16 Å². The Bertz CT molecular complexity index is 588. The topological polar surface area (TPSA) is 85.0 Å². The first-order chi connectivity index (χ1) is 10.1. The molecule has 114 valence electrons. The number of rotatable bonds is 6. The second-order valence-corrected chi connectivity index (χ2v) is 5.03. The molecule has 0 radical (unpaired) electrons. The van der Waals surface area contributed by atoms with Crippen LogP contribution < -0.4 is 10.6 Å². The van der Waals surface area contributed by atoms with Crippen LogP contribution >= 0.6 is 11.6 Å². The number of amides is 2. The van der Waals surface area contributed by atoms with Gasteiger partial charge in [0.25, 0.3) is 0 Å². The zero-order valence-corrected chi connectivity index (χ0v) is 12.8. The Hall–Kier alpha value is -2.02. The Labute approximate surface area is 127 Å². The van der Waals surface area contributed by atoms with Gasteiger partial charge in [-0.15, -0.1) is 11.6 Å². The number of urea groups is 1. The molecule has 8 heteroatoms. The van der Waals surface area contributed by atoms with E-state index in [4.69, 9.17) is 16.1 Å². The van der Waals surface area contributed by atoms with Crippen molar-refractivity contribution >= 4 is 23.3 Å². The van der Waals surface area contributed by atoms with Crippen LogP contribution in [-0.2, 0) is 6.54 Å². The molecule has 0 saturated heterocycles. The van der Waals surface area contributed by atoms with Crippen LogP contribution in [0.4, 0.5) is 10.5 Å². The minimum Gasteiger partial charge on any atom is -0.361 e. The fraction of sp³-hybridized carbons (Fsp3) is 0.462. The van der Waals surface area contributed by atoms with Crippen LogP contribution in [0.3, 0.4) is 0 Å². The third-order valence-corrected chi connectivity index (χ3v) is 3.26. The SMILES string of the molecule is Cc1noc(C)c1Cn1cc(NC(=O)NCCCCl)cn1. The number of aromatic nitrogens is 3. The first kappa shape index (κ1) is 15.4. The van der Waals surface area contributed by atoms with Gasteiger partial charge in [-0.05, 0) is 20.3 Å². The molecule has 0 atom stereocenters. The fourth-order valence-electron chi connectivity index (χ4n) is 1.85. The van der Waals surface area contributed by atoms with E-state index in [0.717, 1.165) is 23.4 Å².